The number of carbonyl (C=O) groups excluding carboxylic acids is 1. The summed E-state index contributed by atoms with van der Waals surface area (Å²) < 4.78 is 0. The van der Waals surface area contributed by atoms with Crippen LogP contribution in [0, 0.1) is 11.3 Å². The molecule has 0 atom stereocenters. The number of aliphatic carboxylic acids is 1. The largest absolute Gasteiger partial charge is 0.481 e. The van der Waals surface area contributed by atoms with E-state index in [0.29, 0.717) is 6.42 Å². The zero-order valence-corrected chi connectivity index (χ0v) is 13.2. The summed E-state index contributed by atoms with van der Waals surface area (Å²) in [7, 11) is 3.83. The van der Waals surface area contributed by atoms with Gasteiger partial charge in [-0.05, 0) is 24.6 Å². The third kappa shape index (κ3) is 6.52. The molecular weight excluding hydrogens is 296 g/mol. The number of hydrogen-bond donors (Lipinski definition) is 3. The van der Waals surface area contributed by atoms with Gasteiger partial charge in [0.05, 0.1) is 0 Å². The monoisotopic (exact) mass is 316 g/mol. The highest BCUT2D eigenvalue weighted by Crippen LogP contribution is 2.17. The Balaban J connectivity index is 2.61. The van der Waals surface area contributed by atoms with Gasteiger partial charge < -0.3 is 20.6 Å². The molecule has 1 amide bonds. The minimum absolute atomic E-state index is 0.0263. The maximum atomic E-state index is 11.8. The molecule has 0 unspecified atom stereocenters. The molecule has 0 spiro atoms. The first-order chi connectivity index (χ1) is 10.9. The lowest BCUT2D eigenvalue weighted by molar-refractivity contribution is -0.137. The molecule has 7 nitrogen and oxygen atoms in total. The molecule has 0 saturated carbocycles. The van der Waals surface area contributed by atoms with Gasteiger partial charge in [0.15, 0.2) is 0 Å². The molecule has 0 radical (unpaired) electrons. The number of carbonyl (C=O) groups is 2. The number of nitrogens with one attached hydrogen (secondary N) is 2. The Morgan fingerprint density at radius 1 is 1.39 bits per heavy atom. The molecule has 1 aromatic carbocycles. The number of hydrogen-bond acceptors (Lipinski definition) is 5. The maximum Gasteiger partial charge on any atom is 0.303 e. The molecule has 0 bridgehead atoms. The van der Waals surface area contributed by atoms with Crippen LogP contribution in [0.3, 0.4) is 0 Å². The summed E-state index contributed by atoms with van der Waals surface area (Å²) in [5, 5.41) is 23.0. The molecule has 1 rings (SSSR count). The van der Waals surface area contributed by atoms with Gasteiger partial charge in [-0.25, -0.2) is 0 Å². The SMILES string of the molecule is CN(C)c1cccc(N/C=C(/C#N)C(=O)NCCCC(=O)O)c1. The smallest absolute Gasteiger partial charge is 0.303 e. The second-order valence-corrected chi connectivity index (χ2v) is 5.01. The van der Waals surface area contributed by atoms with Crippen molar-refractivity contribution in [2.75, 3.05) is 30.9 Å². The van der Waals surface area contributed by atoms with Gasteiger partial charge in [0.2, 0.25) is 0 Å². The Kier molecular flexibility index (Phi) is 7.14. The lowest BCUT2D eigenvalue weighted by Gasteiger charge is -2.13. The summed E-state index contributed by atoms with van der Waals surface area (Å²) in [5.74, 6) is -1.45. The van der Waals surface area contributed by atoms with Gasteiger partial charge in [-0.3, -0.25) is 9.59 Å². The Morgan fingerprint density at radius 3 is 2.74 bits per heavy atom. The fraction of sp³-hybridized carbons (Fsp3) is 0.312. The van der Waals surface area contributed by atoms with Crippen molar-refractivity contribution >= 4 is 23.3 Å². The van der Waals surface area contributed by atoms with Gasteiger partial charge in [-0.1, -0.05) is 6.07 Å². The van der Waals surface area contributed by atoms with Gasteiger partial charge in [0, 0.05) is 44.6 Å². The number of carboxylic acid groups (broad SMARTS) is 1. The quantitative estimate of drug-likeness (QED) is 0.382. The van der Waals surface area contributed by atoms with Crippen LogP contribution in [0.4, 0.5) is 11.4 Å². The van der Waals surface area contributed by atoms with Crippen molar-refractivity contribution in [1.82, 2.24) is 5.32 Å². The van der Waals surface area contributed by atoms with Gasteiger partial charge in [-0.15, -0.1) is 0 Å². The highest BCUT2D eigenvalue weighted by Gasteiger charge is 2.08. The van der Waals surface area contributed by atoms with Crippen molar-refractivity contribution in [3.05, 3.63) is 36.0 Å². The van der Waals surface area contributed by atoms with E-state index >= 15 is 0 Å². The second-order valence-electron chi connectivity index (χ2n) is 5.01. The van der Waals surface area contributed by atoms with Crippen LogP contribution in [0.25, 0.3) is 0 Å². The van der Waals surface area contributed by atoms with Crippen LogP contribution < -0.4 is 15.5 Å². The number of benzene rings is 1. The van der Waals surface area contributed by atoms with E-state index in [1.807, 2.05) is 49.3 Å². The standard InChI is InChI=1S/C16H20N4O3/c1-20(2)14-6-3-5-13(9-14)19-11-12(10-17)16(23)18-8-4-7-15(21)22/h3,5-6,9,11,19H,4,7-8H2,1-2H3,(H,18,23)(H,21,22)/b12-11-. The first-order valence-corrected chi connectivity index (χ1v) is 7.08. The van der Waals surface area contributed by atoms with E-state index in [-0.39, 0.29) is 18.5 Å². The minimum atomic E-state index is -0.919. The van der Waals surface area contributed by atoms with E-state index in [1.54, 1.807) is 0 Å². The first-order valence-electron chi connectivity index (χ1n) is 7.08. The Morgan fingerprint density at radius 2 is 2.13 bits per heavy atom. The number of carboxylic acids is 1. The third-order valence-corrected chi connectivity index (χ3v) is 2.96. The topological polar surface area (TPSA) is 105 Å². The predicted octanol–water partition coefficient (Wildman–Crippen LogP) is 1.55. The zero-order chi connectivity index (χ0) is 17.2. The summed E-state index contributed by atoms with van der Waals surface area (Å²) >= 11 is 0. The lowest BCUT2D eigenvalue weighted by Crippen LogP contribution is -2.26. The predicted molar refractivity (Wildman–Crippen MR) is 88.0 cm³/mol. The van der Waals surface area contributed by atoms with Crippen LogP contribution >= 0.6 is 0 Å². The molecule has 0 aromatic heterocycles. The number of nitrogens with zero attached hydrogens (tertiary/aromatic N) is 2. The lowest BCUT2D eigenvalue weighted by atomic mass is 10.2. The third-order valence-electron chi connectivity index (χ3n) is 2.96. The number of anilines is 2. The van der Waals surface area contributed by atoms with Crippen LogP contribution in [0.2, 0.25) is 0 Å². The summed E-state index contributed by atoms with van der Waals surface area (Å²) in [5.41, 5.74) is 1.67. The summed E-state index contributed by atoms with van der Waals surface area (Å²) in [6.07, 6.45) is 1.63. The van der Waals surface area contributed by atoms with Crippen molar-refractivity contribution in [3.63, 3.8) is 0 Å². The zero-order valence-electron chi connectivity index (χ0n) is 13.2. The van der Waals surface area contributed by atoms with E-state index in [4.69, 9.17) is 10.4 Å². The fourth-order valence-corrected chi connectivity index (χ4v) is 1.71. The van der Waals surface area contributed by atoms with Crippen molar-refractivity contribution in [2.45, 2.75) is 12.8 Å². The van der Waals surface area contributed by atoms with Crippen molar-refractivity contribution in [1.29, 1.82) is 5.26 Å². The van der Waals surface area contributed by atoms with Gasteiger partial charge in [0.25, 0.3) is 5.91 Å². The Hall–Kier alpha value is -3.01. The molecule has 7 heteroatoms. The molecule has 122 valence electrons. The molecule has 0 aliphatic heterocycles. The number of nitriles is 1. The second kappa shape index (κ2) is 9.10. The van der Waals surface area contributed by atoms with E-state index in [9.17, 15) is 9.59 Å². The minimum Gasteiger partial charge on any atom is -0.481 e. The molecule has 0 aliphatic carbocycles. The van der Waals surface area contributed by atoms with Crippen LogP contribution in [0.15, 0.2) is 36.0 Å². The highest BCUT2D eigenvalue weighted by atomic mass is 16.4. The Labute approximate surface area is 135 Å². The molecular formula is C16H20N4O3. The fourth-order valence-electron chi connectivity index (χ4n) is 1.71. The van der Waals surface area contributed by atoms with Crippen LogP contribution in [-0.4, -0.2) is 37.6 Å². The molecule has 0 saturated heterocycles. The molecule has 1 aromatic rings. The normalized spacial score (nSPS) is 10.6. The highest BCUT2D eigenvalue weighted by molar-refractivity contribution is 5.97. The van der Waals surface area contributed by atoms with E-state index in [0.717, 1.165) is 11.4 Å². The average Bonchev–Trinajstić information content (AvgIpc) is 2.52. The maximum absolute atomic E-state index is 11.8. The van der Waals surface area contributed by atoms with E-state index in [2.05, 4.69) is 10.6 Å². The van der Waals surface area contributed by atoms with Crippen LogP contribution in [-0.2, 0) is 9.59 Å². The molecule has 0 fully saturated rings. The Bertz CT molecular complexity index is 632. The summed E-state index contributed by atoms with van der Waals surface area (Å²) in [6.45, 7) is 0.209. The van der Waals surface area contributed by atoms with Crippen molar-refractivity contribution < 1.29 is 14.7 Å². The number of rotatable bonds is 8. The molecule has 0 aliphatic rings. The van der Waals surface area contributed by atoms with E-state index < -0.39 is 11.9 Å². The van der Waals surface area contributed by atoms with Gasteiger partial charge in [0.1, 0.15) is 11.6 Å². The summed E-state index contributed by atoms with van der Waals surface area (Å²) in [4.78, 5) is 24.1. The van der Waals surface area contributed by atoms with E-state index in [1.165, 1.54) is 6.20 Å². The first kappa shape index (κ1) is 18.0. The molecule has 23 heavy (non-hydrogen) atoms. The summed E-state index contributed by atoms with van der Waals surface area (Å²) in [6, 6.07) is 9.33. The van der Waals surface area contributed by atoms with Gasteiger partial charge in [-0.2, -0.15) is 5.26 Å². The van der Waals surface area contributed by atoms with Crippen molar-refractivity contribution in [3.8, 4) is 6.07 Å². The van der Waals surface area contributed by atoms with Crippen molar-refractivity contribution in [2.24, 2.45) is 0 Å². The molecule has 3 N–H and O–H groups in total. The molecule has 0 heterocycles. The average molecular weight is 316 g/mol. The van der Waals surface area contributed by atoms with Crippen LogP contribution in [0.5, 0.6) is 0 Å². The van der Waals surface area contributed by atoms with Crippen LogP contribution in [0.1, 0.15) is 12.8 Å². The number of amides is 1. The van der Waals surface area contributed by atoms with Gasteiger partial charge >= 0.3 is 5.97 Å².